The number of sulfonamides is 1. The van der Waals surface area contributed by atoms with Crippen LogP contribution in [0.4, 0.5) is 14.5 Å². The number of ether oxygens (including phenoxy) is 1. The molecule has 0 aliphatic rings. The summed E-state index contributed by atoms with van der Waals surface area (Å²) in [6.07, 6.45) is 1.21. The van der Waals surface area contributed by atoms with E-state index in [0.29, 0.717) is 6.42 Å². The van der Waals surface area contributed by atoms with Gasteiger partial charge in [0.1, 0.15) is 5.75 Å². The van der Waals surface area contributed by atoms with E-state index in [4.69, 9.17) is 0 Å². The number of hydrogen-bond donors (Lipinski definition) is 2. The first kappa shape index (κ1) is 17.6. The summed E-state index contributed by atoms with van der Waals surface area (Å²) in [5.74, 6) is -0.259. The lowest BCUT2D eigenvalue weighted by Crippen LogP contribution is -2.19. The number of unbranched alkanes of at least 4 members (excludes halogenated alkanes) is 1. The second kappa shape index (κ2) is 8.78. The summed E-state index contributed by atoms with van der Waals surface area (Å²) in [4.78, 5) is 0. The maximum atomic E-state index is 12.2. The van der Waals surface area contributed by atoms with Gasteiger partial charge in [0.05, 0.1) is 11.4 Å². The number of benzene rings is 1. The van der Waals surface area contributed by atoms with Gasteiger partial charge in [0.25, 0.3) is 0 Å². The zero-order chi connectivity index (χ0) is 15.7. The van der Waals surface area contributed by atoms with Crippen LogP contribution in [-0.4, -0.2) is 33.9 Å². The molecule has 0 aliphatic heterocycles. The predicted molar refractivity (Wildman–Crippen MR) is 78.3 cm³/mol. The number of anilines is 1. The standard InChI is InChI=1S/C13H20F2N2O3S/c1-2-16-9-5-6-10-21(18,19)17-11-7-3-4-8-12(11)20-13(14)15/h3-4,7-8,13,16-17H,2,5-6,9-10H2,1H3. The molecule has 0 spiro atoms. The average molecular weight is 322 g/mol. The van der Waals surface area contributed by atoms with Crippen molar-refractivity contribution in [2.75, 3.05) is 23.6 Å². The molecular formula is C13H20F2N2O3S. The van der Waals surface area contributed by atoms with Gasteiger partial charge in [-0.2, -0.15) is 8.78 Å². The molecule has 5 nitrogen and oxygen atoms in total. The first-order valence-electron chi connectivity index (χ1n) is 6.69. The Morgan fingerprint density at radius 2 is 1.95 bits per heavy atom. The van der Waals surface area contributed by atoms with Crippen molar-refractivity contribution < 1.29 is 21.9 Å². The van der Waals surface area contributed by atoms with Gasteiger partial charge in [-0.05, 0) is 38.1 Å². The van der Waals surface area contributed by atoms with Gasteiger partial charge in [-0.3, -0.25) is 4.72 Å². The van der Waals surface area contributed by atoms with E-state index in [1.54, 1.807) is 6.07 Å². The van der Waals surface area contributed by atoms with E-state index in [2.05, 4.69) is 14.8 Å². The van der Waals surface area contributed by atoms with Crippen molar-refractivity contribution in [3.8, 4) is 5.75 Å². The predicted octanol–water partition coefficient (Wildman–Crippen LogP) is 2.42. The molecule has 0 heterocycles. The Balaban J connectivity index is 2.58. The lowest BCUT2D eigenvalue weighted by molar-refractivity contribution is -0.0493. The third kappa shape index (κ3) is 7.24. The van der Waals surface area contributed by atoms with Crippen molar-refractivity contribution >= 4 is 15.7 Å². The van der Waals surface area contributed by atoms with E-state index in [9.17, 15) is 17.2 Å². The number of halogens is 2. The number of hydrogen-bond acceptors (Lipinski definition) is 4. The van der Waals surface area contributed by atoms with Crippen LogP contribution in [0, 0.1) is 0 Å². The van der Waals surface area contributed by atoms with Crippen LogP contribution in [0.5, 0.6) is 5.75 Å². The molecule has 0 amide bonds. The molecule has 1 aromatic carbocycles. The third-order valence-corrected chi connectivity index (χ3v) is 3.99. The summed E-state index contributed by atoms with van der Waals surface area (Å²) < 4.78 is 54.8. The van der Waals surface area contributed by atoms with E-state index in [-0.39, 0.29) is 17.2 Å². The summed E-state index contributed by atoms with van der Waals surface area (Å²) in [5, 5.41) is 3.10. The average Bonchev–Trinajstić information content (AvgIpc) is 2.40. The van der Waals surface area contributed by atoms with Gasteiger partial charge in [-0.1, -0.05) is 19.1 Å². The number of rotatable bonds is 10. The van der Waals surface area contributed by atoms with Crippen molar-refractivity contribution in [2.45, 2.75) is 26.4 Å². The first-order valence-corrected chi connectivity index (χ1v) is 8.35. The normalized spacial score (nSPS) is 11.6. The molecule has 0 bridgehead atoms. The van der Waals surface area contributed by atoms with Crippen molar-refractivity contribution in [1.29, 1.82) is 0 Å². The van der Waals surface area contributed by atoms with Crippen LogP contribution in [0.25, 0.3) is 0 Å². The highest BCUT2D eigenvalue weighted by atomic mass is 32.2. The number of para-hydroxylation sites is 2. The Hall–Kier alpha value is -1.41. The van der Waals surface area contributed by atoms with Gasteiger partial charge >= 0.3 is 6.61 Å². The molecule has 0 fully saturated rings. The SMILES string of the molecule is CCNCCCCS(=O)(=O)Nc1ccccc1OC(F)F. The van der Waals surface area contributed by atoms with E-state index in [0.717, 1.165) is 19.5 Å². The summed E-state index contributed by atoms with van der Waals surface area (Å²) in [5.41, 5.74) is 0.0180. The molecule has 0 saturated heterocycles. The van der Waals surface area contributed by atoms with Crippen LogP contribution in [-0.2, 0) is 10.0 Å². The summed E-state index contributed by atoms with van der Waals surface area (Å²) >= 11 is 0. The van der Waals surface area contributed by atoms with Crippen LogP contribution < -0.4 is 14.8 Å². The highest BCUT2D eigenvalue weighted by Crippen LogP contribution is 2.26. The second-order valence-electron chi connectivity index (χ2n) is 4.36. The van der Waals surface area contributed by atoms with Crippen molar-refractivity contribution in [3.63, 3.8) is 0 Å². The Kier molecular flexibility index (Phi) is 7.38. The maximum absolute atomic E-state index is 12.2. The lowest BCUT2D eigenvalue weighted by atomic mass is 10.3. The van der Waals surface area contributed by atoms with Crippen molar-refractivity contribution in [3.05, 3.63) is 24.3 Å². The largest absolute Gasteiger partial charge is 0.433 e. The Morgan fingerprint density at radius 1 is 1.24 bits per heavy atom. The number of nitrogens with one attached hydrogen (secondary N) is 2. The summed E-state index contributed by atoms with van der Waals surface area (Å²) in [7, 11) is -3.58. The van der Waals surface area contributed by atoms with E-state index >= 15 is 0 Å². The Labute approximate surface area is 123 Å². The van der Waals surface area contributed by atoms with Gasteiger partial charge < -0.3 is 10.1 Å². The molecule has 2 N–H and O–H groups in total. The van der Waals surface area contributed by atoms with Gasteiger partial charge in [-0.25, -0.2) is 8.42 Å². The van der Waals surface area contributed by atoms with E-state index in [1.807, 2.05) is 6.92 Å². The molecule has 0 aliphatic carbocycles. The van der Waals surface area contributed by atoms with Gasteiger partial charge in [0.2, 0.25) is 10.0 Å². The van der Waals surface area contributed by atoms with Gasteiger partial charge in [0.15, 0.2) is 0 Å². The molecule has 0 aromatic heterocycles. The monoisotopic (exact) mass is 322 g/mol. The molecule has 0 unspecified atom stereocenters. The molecule has 1 rings (SSSR count). The van der Waals surface area contributed by atoms with Crippen molar-refractivity contribution in [1.82, 2.24) is 5.32 Å². The molecule has 1 aromatic rings. The number of alkyl halides is 2. The first-order chi connectivity index (χ1) is 9.94. The van der Waals surface area contributed by atoms with Gasteiger partial charge in [0, 0.05) is 0 Å². The van der Waals surface area contributed by atoms with Crippen LogP contribution in [0.2, 0.25) is 0 Å². The van der Waals surface area contributed by atoms with Crippen molar-refractivity contribution in [2.24, 2.45) is 0 Å². The van der Waals surface area contributed by atoms with E-state index < -0.39 is 16.6 Å². The summed E-state index contributed by atoms with van der Waals surface area (Å²) in [6, 6.07) is 5.70. The minimum absolute atomic E-state index is 0.0180. The van der Waals surface area contributed by atoms with Gasteiger partial charge in [-0.15, -0.1) is 0 Å². The Bertz CT molecular complexity index is 524. The third-order valence-electron chi connectivity index (χ3n) is 2.64. The molecule has 0 atom stereocenters. The second-order valence-corrected chi connectivity index (χ2v) is 6.20. The lowest BCUT2D eigenvalue weighted by Gasteiger charge is -2.12. The smallest absolute Gasteiger partial charge is 0.387 e. The fraction of sp³-hybridized carbons (Fsp3) is 0.538. The van der Waals surface area contributed by atoms with Crippen LogP contribution in [0.15, 0.2) is 24.3 Å². The van der Waals surface area contributed by atoms with Crippen LogP contribution >= 0.6 is 0 Å². The highest BCUT2D eigenvalue weighted by Gasteiger charge is 2.15. The molecular weight excluding hydrogens is 302 g/mol. The van der Waals surface area contributed by atoms with E-state index in [1.165, 1.54) is 18.2 Å². The maximum Gasteiger partial charge on any atom is 0.387 e. The van der Waals surface area contributed by atoms with Crippen LogP contribution in [0.3, 0.4) is 0 Å². The van der Waals surface area contributed by atoms with Crippen LogP contribution in [0.1, 0.15) is 19.8 Å². The molecule has 0 saturated carbocycles. The minimum atomic E-state index is -3.58. The minimum Gasteiger partial charge on any atom is -0.433 e. The fourth-order valence-electron chi connectivity index (χ4n) is 1.69. The molecule has 21 heavy (non-hydrogen) atoms. The molecule has 120 valence electrons. The zero-order valence-electron chi connectivity index (χ0n) is 11.8. The Morgan fingerprint density at radius 3 is 2.62 bits per heavy atom. The fourth-order valence-corrected chi connectivity index (χ4v) is 2.88. The zero-order valence-corrected chi connectivity index (χ0v) is 12.6. The highest BCUT2D eigenvalue weighted by molar-refractivity contribution is 7.92. The quantitative estimate of drug-likeness (QED) is 0.649. The summed E-state index contributed by atoms with van der Waals surface area (Å²) in [6.45, 7) is 0.550. The topological polar surface area (TPSA) is 67.4 Å². The molecule has 0 radical (unpaired) electrons. The molecule has 8 heteroatoms.